The van der Waals surface area contributed by atoms with E-state index in [1.54, 1.807) is 48.5 Å². The van der Waals surface area contributed by atoms with Gasteiger partial charge in [-0.05, 0) is 76.7 Å². The Morgan fingerprint density at radius 3 is 2.48 bits per heavy atom. The maximum Gasteiger partial charge on any atom is 0.343 e. The van der Waals surface area contributed by atoms with Crippen LogP contribution in [0.1, 0.15) is 15.9 Å². The highest BCUT2D eigenvalue weighted by molar-refractivity contribution is 14.1. The number of carbonyl (C=O) groups excluding carboxylic acids is 2. The van der Waals surface area contributed by atoms with E-state index >= 15 is 0 Å². The van der Waals surface area contributed by atoms with E-state index in [1.807, 2.05) is 28.7 Å². The average Bonchev–Trinajstić information content (AvgIpc) is 2.81. The number of hydrogen-bond acceptors (Lipinski definition) is 5. The van der Waals surface area contributed by atoms with E-state index in [-0.39, 0.29) is 27.8 Å². The Balaban J connectivity index is 1.88. The van der Waals surface area contributed by atoms with Gasteiger partial charge >= 0.3 is 5.97 Å². The maximum atomic E-state index is 12.6. The highest BCUT2D eigenvalue weighted by Crippen LogP contribution is 2.35. The zero-order valence-corrected chi connectivity index (χ0v) is 20.7. The van der Waals surface area contributed by atoms with E-state index in [4.69, 9.17) is 32.7 Å². The summed E-state index contributed by atoms with van der Waals surface area (Å²) in [6.07, 6.45) is 1.39. The van der Waals surface area contributed by atoms with Crippen molar-refractivity contribution in [2.75, 3.05) is 12.4 Å². The summed E-state index contributed by atoms with van der Waals surface area (Å²) >= 11 is 14.0. The molecule has 0 atom stereocenters. The number of esters is 1. The fourth-order valence-electron chi connectivity index (χ4n) is 2.75. The van der Waals surface area contributed by atoms with Gasteiger partial charge in [0.05, 0.1) is 27.0 Å². The number of amides is 1. The van der Waals surface area contributed by atoms with E-state index in [1.165, 1.54) is 25.3 Å². The van der Waals surface area contributed by atoms with Crippen molar-refractivity contribution < 1.29 is 19.1 Å². The van der Waals surface area contributed by atoms with Crippen LogP contribution in [-0.4, -0.2) is 19.0 Å². The Morgan fingerprint density at radius 2 is 1.82 bits per heavy atom. The molecule has 166 valence electrons. The van der Waals surface area contributed by atoms with Gasteiger partial charge in [-0.2, -0.15) is 5.26 Å². The lowest BCUT2D eigenvalue weighted by molar-refractivity contribution is -0.112. The van der Waals surface area contributed by atoms with Gasteiger partial charge in [0.2, 0.25) is 0 Å². The Hall–Kier alpha value is -3.06. The molecule has 3 aromatic rings. The van der Waals surface area contributed by atoms with Gasteiger partial charge in [-0.15, -0.1) is 0 Å². The minimum Gasteiger partial charge on any atom is -0.493 e. The molecule has 0 bridgehead atoms. The molecule has 0 aliphatic rings. The molecule has 9 heteroatoms. The Labute approximate surface area is 213 Å². The Kier molecular flexibility index (Phi) is 8.33. The summed E-state index contributed by atoms with van der Waals surface area (Å²) in [6.45, 7) is 0. The van der Waals surface area contributed by atoms with Crippen LogP contribution in [0.4, 0.5) is 5.69 Å². The molecular formula is C24H15Cl2IN2O4. The van der Waals surface area contributed by atoms with Gasteiger partial charge in [-0.25, -0.2) is 4.79 Å². The molecule has 33 heavy (non-hydrogen) atoms. The van der Waals surface area contributed by atoms with Crippen LogP contribution in [0.3, 0.4) is 0 Å². The number of anilines is 1. The fourth-order valence-corrected chi connectivity index (χ4v) is 3.82. The van der Waals surface area contributed by atoms with Crippen molar-refractivity contribution in [3.8, 4) is 17.6 Å². The summed E-state index contributed by atoms with van der Waals surface area (Å²) in [5, 5.41) is 12.8. The topological polar surface area (TPSA) is 88.4 Å². The number of methoxy groups -OCH3 is 1. The first kappa shape index (κ1) is 24.6. The molecule has 1 N–H and O–H groups in total. The predicted octanol–water partition coefficient (Wildman–Crippen LogP) is 6.37. The number of carbonyl (C=O) groups is 2. The molecule has 3 rings (SSSR count). The molecule has 0 unspecified atom stereocenters. The summed E-state index contributed by atoms with van der Waals surface area (Å²) in [6, 6.07) is 18.3. The molecule has 3 aromatic carbocycles. The van der Waals surface area contributed by atoms with Crippen LogP contribution in [-0.2, 0) is 4.79 Å². The number of rotatable bonds is 6. The van der Waals surface area contributed by atoms with E-state index in [2.05, 4.69) is 5.32 Å². The molecule has 0 saturated carbocycles. The van der Waals surface area contributed by atoms with Crippen LogP contribution in [0.25, 0.3) is 6.08 Å². The third kappa shape index (κ3) is 6.26. The van der Waals surface area contributed by atoms with Crippen LogP contribution in [0.15, 0.2) is 66.2 Å². The van der Waals surface area contributed by atoms with E-state index < -0.39 is 11.9 Å². The quantitative estimate of drug-likeness (QED) is 0.118. The molecule has 0 heterocycles. The number of halogens is 3. The highest BCUT2D eigenvalue weighted by atomic mass is 127. The van der Waals surface area contributed by atoms with Crippen molar-refractivity contribution >= 4 is 69.4 Å². The minimum atomic E-state index is -0.657. The number of ether oxygens (including phenoxy) is 2. The molecule has 0 saturated heterocycles. The summed E-state index contributed by atoms with van der Waals surface area (Å²) in [5.41, 5.74) is 1.01. The van der Waals surface area contributed by atoms with Gasteiger partial charge in [0.25, 0.3) is 5.91 Å². The second-order valence-electron chi connectivity index (χ2n) is 6.54. The van der Waals surface area contributed by atoms with Crippen LogP contribution in [0.2, 0.25) is 10.0 Å². The number of nitrogens with one attached hydrogen (secondary N) is 1. The first-order valence-electron chi connectivity index (χ1n) is 9.35. The highest BCUT2D eigenvalue weighted by Gasteiger charge is 2.18. The monoisotopic (exact) mass is 592 g/mol. The third-order valence-corrected chi connectivity index (χ3v) is 5.67. The van der Waals surface area contributed by atoms with Gasteiger partial charge < -0.3 is 14.8 Å². The zero-order valence-electron chi connectivity index (χ0n) is 17.1. The van der Waals surface area contributed by atoms with Gasteiger partial charge in [-0.3, -0.25) is 4.79 Å². The standard InChI is InChI=1S/C24H15Cl2IN2O4/c1-32-21-11-14(10-19(27)22(21)33-24(31)15-5-3-2-4-6-15)9-16(13-28)23(30)29-20-12-17(25)7-8-18(20)26/h2-12H,1H3,(H,29,30)/b16-9+. The number of nitrogens with zero attached hydrogens (tertiary/aromatic N) is 1. The van der Waals surface area contributed by atoms with Crippen molar-refractivity contribution in [2.45, 2.75) is 0 Å². The number of benzene rings is 3. The first-order valence-corrected chi connectivity index (χ1v) is 11.2. The SMILES string of the molecule is COc1cc(/C=C(\C#N)C(=O)Nc2cc(Cl)ccc2Cl)cc(I)c1OC(=O)c1ccccc1. The Bertz CT molecular complexity index is 1290. The lowest BCUT2D eigenvalue weighted by Gasteiger charge is -2.13. The summed E-state index contributed by atoms with van der Waals surface area (Å²) < 4.78 is 11.5. The number of hydrogen-bond donors (Lipinski definition) is 1. The summed E-state index contributed by atoms with van der Waals surface area (Å²) in [4.78, 5) is 25.1. The first-order chi connectivity index (χ1) is 15.8. The lowest BCUT2D eigenvalue weighted by atomic mass is 10.1. The zero-order chi connectivity index (χ0) is 24.0. The molecule has 0 spiro atoms. The summed E-state index contributed by atoms with van der Waals surface area (Å²) in [7, 11) is 1.43. The Morgan fingerprint density at radius 1 is 1.09 bits per heavy atom. The molecule has 0 aliphatic carbocycles. The largest absolute Gasteiger partial charge is 0.493 e. The third-order valence-electron chi connectivity index (χ3n) is 4.31. The molecule has 6 nitrogen and oxygen atoms in total. The van der Waals surface area contributed by atoms with Crippen LogP contribution < -0.4 is 14.8 Å². The second-order valence-corrected chi connectivity index (χ2v) is 8.54. The second kappa shape index (κ2) is 11.2. The summed E-state index contributed by atoms with van der Waals surface area (Å²) in [5.74, 6) is -0.688. The van der Waals surface area contributed by atoms with E-state index in [0.717, 1.165) is 0 Å². The number of nitriles is 1. The van der Waals surface area contributed by atoms with Crippen molar-refractivity contribution in [3.05, 3.63) is 91.0 Å². The molecule has 0 aliphatic heterocycles. The normalized spacial score (nSPS) is 10.8. The molecule has 0 aromatic heterocycles. The van der Waals surface area contributed by atoms with Gasteiger partial charge in [0.1, 0.15) is 11.6 Å². The average molecular weight is 593 g/mol. The molecule has 1 amide bonds. The van der Waals surface area contributed by atoms with Crippen LogP contribution in [0, 0.1) is 14.9 Å². The van der Waals surface area contributed by atoms with E-state index in [0.29, 0.717) is 19.7 Å². The van der Waals surface area contributed by atoms with Crippen LogP contribution in [0.5, 0.6) is 11.5 Å². The van der Waals surface area contributed by atoms with E-state index in [9.17, 15) is 14.9 Å². The molecular weight excluding hydrogens is 578 g/mol. The minimum absolute atomic E-state index is 0.169. The molecule has 0 fully saturated rings. The van der Waals surface area contributed by atoms with Crippen molar-refractivity contribution in [2.24, 2.45) is 0 Å². The lowest BCUT2D eigenvalue weighted by Crippen LogP contribution is -2.14. The van der Waals surface area contributed by atoms with Crippen LogP contribution >= 0.6 is 45.8 Å². The van der Waals surface area contributed by atoms with Gasteiger partial charge in [-0.1, -0.05) is 41.4 Å². The van der Waals surface area contributed by atoms with Gasteiger partial charge in [0, 0.05) is 5.02 Å². The van der Waals surface area contributed by atoms with Gasteiger partial charge in [0.15, 0.2) is 11.5 Å². The maximum absolute atomic E-state index is 12.6. The van der Waals surface area contributed by atoms with Crippen molar-refractivity contribution in [1.29, 1.82) is 5.26 Å². The van der Waals surface area contributed by atoms with Crippen molar-refractivity contribution in [1.82, 2.24) is 0 Å². The molecule has 0 radical (unpaired) electrons. The predicted molar refractivity (Wildman–Crippen MR) is 136 cm³/mol. The smallest absolute Gasteiger partial charge is 0.343 e. The fraction of sp³-hybridized carbons (Fsp3) is 0.0417. The van der Waals surface area contributed by atoms with Crippen molar-refractivity contribution in [3.63, 3.8) is 0 Å².